The summed E-state index contributed by atoms with van der Waals surface area (Å²) in [6.07, 6.45) is 0.789. The summed E-state index contributed by atoms with van der Waals surface area (Å²) in [5.41, 5.74) is 3.19. The lowest BCUT2D eigenvalue weighted by Gasteiger charge is -2.25. The highest BCUT2D eigenvalue weighted by Crippen LogP contribution is 2.43. The lowest BCUT2D eigenvalue weighted by Crippen LogP contribution is -2.26. The van der Waals surface area contributed by atoms with Crippen molar-refractivity contribution in [1.82, 2.24) is 10.3 Å². The molecule has 1 N–H and O–H groups in total. The lowest BCUT2D eigenvalue weighted by atomic mass is 9.96. The third-order valence-electron chi connectivity index (χ3n) is 6.84. The van der Waals surface area contributed by atoms with Gasteiger partial charge < -0.3 is 19.5 Å². The predicted octanol–water partition coefficient (Wildman–Crippen LogP) is 6.20. The van der Waals surface area contributed by atoms with E-state index >= 15 is 0 Å². The second kappa shape index (κ2) is 13.0. The maximum absolute atomic E-state index is 13.5. The molecular formula is C34H29FN2O5. The molecule has 0 saturated carbocycles. The van der Waals surface area contributed by atoms with Gasteiger partial charge in [-0.15, -0.1) is 0 Å². The second-order valence-electron chi connectivity index (χ2n) is 9.51. The zero-order valence-electron chi connectivity index (χ0n) is 23.2. The highest BCUT2D eigenvalue weighted by molar-refractivity contribution is 6.06. The van der Waals surface area contributed by atoms with Gasteiger partial charge in [0.15, 0.2) is 5.75 Å². The minimum absolute atomic E-state index is 0.0503. The largest absolute Gasteiger partial charge is 0.496 e. The van der Waals surface area contributed by atoms with Crippen LogP contribution in [0.25, 0.3) is 10.9 Å². The van der Waals surface area contributed by atoms with E-state index in [0.717, 1.165) is 16.7 Å². The van der Waals surface area contributed by atoms with Crippen molar-refractivity contribution in [2.75, 3.05) is 14.2 Å². The smallest absolute Gasteiger partial charge is 0.342 e. The molecule has 0 unspecified atom stereocenters. The normalized spacial score (nSPS) is 10.9. The van der Waals surface area contributed by atoms with Gasteiger partial charge in [-0.3, -0.25) is 9.78 Å². The first-order chi connectivity index (χ1) is 20.5. The Bertz CT molecular complexity index is 1650. The van der Waals surface area contributed by atoms with E-state index in [2.05, 4.69) is 10.3 Å². The average molecular weight is 565 g/mol. The van der Waals surface area contributed by atoms with Gasteiger partial charge in [0.25, 0.3) is 0 Å². The summed E-state index contributed by atoms with van der Waals surface area (Å²) < 4.78 is 31.0. The van der Waals surface area contributed by atoms with Crippen LogP contribution in [0.15, 0.2) is 103 Å². The Hall–Kier alpha value is -5.24. The molecule has 0 fully saturated rings. The maximum Gasteiger partial charge on any atom is 0.342 e. The van der Waals surface area contributed by atoms with Crippen molar-refractivity contribution < 1.29 is 28.2 Å². The summed E-state index contributed by atoms with van der Waals surface area (Å²) in [5, 5.41) is 3.41. The fourth-order valence-electron chi connectivity index (χ4n) is 4.86. The number of fused-ring (bicyclic) bond motifs is 1. The van der Waals surface area contributed by atoms with Crippen LogP contribution in [-0.2, 0) is 22.5 Å². The van der Waals surface area contributed by atoms with Crippen LogP contribution in [0.5, 0.6) is 11.5 Å². The summed E-state index contributed by atoms with van der Waals surface area (Å²) in [5.74, 6) is -0.938. The van der Waals surface area contributed by atoms with Gasteiger partial charge in [0.1, 0.15) is 28.8 Å². The molecule has 1 heterocycles. The minimum atomic E-state index is -0.697. The van der Waals surface area contributed by atoms with Crippen LogP contribution in [0.4, 0.5) is 4.39 Å². The molecule has 0 radical (unpaired) electrons. The Kier molecular flexibility index (Phi) is 8.72. The van der Waals surface area contributed by atoms with E-state index in [-0.39, 0.29) is 36.0 Å². The number of carbonyl (C=O) groups excluding carboxylic acids is 2. The van der Waals surface area contributed by atoms with E-state index in [9.17, 15) is 14.0 Å². The number of methoxy groups -OCH3 is 2. The molecule has 8 heteroatoms. The van der Waals surface area contributed by atoms with Crippen LogP contribution >= 0.6 is 0 Å². The number of hydrogen-bond acceptors (Lipinski definition) is 6. The van der Waals surface area contributed by atoms with Gasteiger partial charge in [0, 0.05) is 23.7 Å². The molecule has 0 aliphatic carbocycles. The van der Waals surface area contributed by atoms with Crippen LogP contribution in [-0.4, -0.2) is 31.1 Å². The second-order valence-corrected chi connectivity index (χ2v) is 9.51. The molecule has 5 aromatic rings. The number of rotatable bonds is 10. The molecule has 0 aliphatic heterocycles. The average Bonchev–Trinajstić information content (AvgIpc) is 3.03. The number of ether oxygens (including phenoxy) is 3. The first-order valence-electron chi connectivity index (χ1n) is 13.3. The van der Waals surface area contributed by atoms with Crippen molar-refractivity contribution in [3.63, 3.8) is 0 Å². The SMILES string of the molecule is COC(=O)c1c(CC(=O)NCc2ccc(F)cc2)c(OC)c2cccnc2c1OC(c1ccccc1)c1ccccc1. The van der Waals surface area contributed by atoms with Gasteiger partial charge in [-0.05, 0) is 41.0 Å². The number of esters is 1. The Morgan fingerprint density at radius 1 is 0.833 bits per heavy atom. The van der Waals surface area contributed by atoms with Crippen LogP contribution in [0.1, 0.15) is 38.7 Å². The van der Waals surface area contributed by atoms with Crippen molar-refractivity contribution >= 4 is 22.8 Å². The Morgan fingerprint density at radius 3 is 2.07 bits per heavy atom. The monoisotopic (exact) mass is 564 g/mol. The van der Waals surface area contributed by atoms with E-state index in [1.54, 1.807) is 30.5 Å². The first kappa shape index (κ1) is 28.3. The van der Waals surface area contributed by atoms with Crippen molar-refractivity contribution in [2.45, 2.75) is 19.1 Å². The van der Waals surface area contributed by atoms with Crippen molar-refractivity contribution in [3.8, 4) is 11.5 Å². The number of amides is 1. The summed E-state index contributed by atoms with van der Waals surface area (Å²) in [4.78, 5) is 31.3. The Morgan fingerprint density at radius 2 is 1.48 bits per heavy atom. The molecule has 42 heavy (non-hydrogen) atoms. The molecule has 7 nitrogen and oxygen atoms in total. The van der Waals surface area contributed by atoms with Gasteiger partial charge >= 0.3 is 5.97 Å². The van der Waals surface area contributed by atoms with E-state index in [1.165, 1.54) is 26.4 Å². The molecule has 4 aromatic carbocycles. The van der Waals surface area contributed by atoms with Gasteiger partial charge in [0.2, 0.25) is 5.91 Å². The summed E-state index contributed by atoms with van der Waals surface area (Å²) in [7, 11) is 2.74. The fraction of sp³-hybridized carbons (Fsp3) is 0.147. The van der Waals surface area contributed by atoms with Gasteiger partial charge in [-0.1, -0.05) is 72.8 Å². The summed E-state index contributed by atoms with van der Waals surface area (Å²) in [6, 6.07) is 28.7. The third kappa shape index (κ3) is 6.07. The number of hydrogen-bond donors (Lipinski definition) is 1. The molecule has 212 valence electrons. The first-order valence-corrected chi connectivity index (χ1v) is 13.3. The van der Waals surface area contributed by atoms with Crippen molar-refractivity contribution in [2.24, 2.45) is 0 Å². The molecule has 0 aliphatic rings. The van der Waals surface area contributed by atoms with Gasteiger partial charge in [0.05, 0.1) is 20.6 Å². The molecule has 0 atom stereocenters. The number of pyridine rings is 1. The lowest BCUT2D eigenvalue weighted by molar-refractivity contribution is -0.120. The molecular weight excluding hydrogens is 535 g/mol. The zero-order chi connectivity index (χ0) is 29.5. The molecule has 1 amide bonds. The molecule has 0 spiro atoms. The van der Waals surface area contributed by atoms with Crippen LogP contribution in [0.3, 0.4) is 0 Å². The summed E-state index contributed by atoms with van der Waals surface area (Å²) >= 11 is 0. The Labute approximate surface area is 242 Å². The molecule has 0 bridgehead atoms. The van der Waals surface area contributed by atoms with Gasteiger partial charge in [-0.25, -0.2) is 9.18 Å². The number of nitrogens with zero attached hydrogens (tertiary/aromatic N) is 1. The summed E-state index contributed by atoms with van der Waals surface area (Å²) in [6.45, 7) is 0.178. The third-order valence-corrected chi connectivity index (χ3v) is 6.84. The van der Waals surface area contributed by atoms with E-state index in [4.69, 9.17) is 14.2 Å². The highest BCUT2D eigenvalue weighted by Gasteiger charge is 2.31. The van der Waals surface area contributed by atoms with Crippen LogP contribution < -0.4 is 14.8 Å². The standard InChI is InChI=1S/C34H29FN2O5/c1-40-32-26-14-9-19-36-30(26)33(42-31(23-10-5-3-6-11-23)24-12-7-4-8-13-24)29(34(39)41-2)27(32)20-28(38)37-21-22-15-17-25(35)18-16-22/h3-19,31H,20-21H2,1-2H3,(H,37,38). The zero-order valence-corrected chi connectivity index (χ0v) is 23.2. The van der Waals surface area contributed by atoms with E-state index < -0.39 is 12.1 Å². The van der Waals surface area contributed by atoms with Gasteiger partial charge in [-0.2, -0.15) is 0 Å². The molecule has 5 rings (SSSR count). The van der Waals surface area contributed by atoms with Crippen molar-refractivity contribution in [3.05, 3.63) is 137 Å². The Balaban J connectivity index is 1.63. The number of halogens is 1. The number of aromatic nitrogens is 1. The minimum Gasteiger partial charge on any atom is -0.496 e. The quantitative estimate of drug-likeness (QED) is 0.204. The molecule has 0 saturated heterocycles. The number of nitrogens with one attached hydrogen (secondary N) is 1. The van der Waals surface area contributed by atoms with Crippen molar-refractivity contribution in [1.29, 1.82) is 0 Å². The van der Waals surface area contributed by atoms with E-state index in [0.29, 0.717) is 22.2 Å². The number of benzene rings is 4. The predicted molar refractivity (Wildman–Crippen MR) is 157 cm³/mol. The maximum atomic E-state index is 13.5. The van der Waals surface area contributed by atoms with E-state index in [1.807, 2.05) is 60.7 Å². The highest BCUT2D eigenvalue weighted by atomic mass is 19.1. The van der Waals surface area contributed by atoms with Crippen LogP contribution in [0, 0.1) is 5.82 Å². The number of carbonyl (C=O) groups is 2. The fourth-order valence-corrected chi connectivity index (χ4v) is 4.86. The van der Waals surface area contributed by atoms with Crippen LogP contribution in [0.2, 0.25) is 0 Å². The topological polar surface area (TPSA) is 86.8 Å². The molecule has 1 aromatic heterocycles.